The molecule has 222 valence electrons. The molecule has 5 rings (SSSR count). The molecule has 1 aliphatic carbocycles. The lowest BCUT2D eigenvalue weighted by Crippen LogP contribution is -2.41. The Morgan fingerprint density at radius 2 is 1.76 bits per heavy atom. The number of imidazole rings is 1. The van der Waals surface area contributed by atoms with Crippen LogP contribution in [0.2, 0.25) is 10.0 Å². The summed E-state index contributed by atoms with van der Waals surface area (Å²) >= 11 is 12.5. The van der Waals surface area contributed by atoms with E-state index < -0.39 is 36.0 Å². The monoisotopic (exact) mass is 619 g/mol. The van der Waals surface area contributed by atoms with Crippen molar-refractivity contribution in [3.05, 3.63) is 39.1 Å². The maximum atomic E-state index is 14.4. The number of rotatable bonds is 6. The van der Waals surface area contributed by atoms with E-state index in [-0.39, 0.29) is 83.5 Å². The molecule has 41 heavy (non-hydrogen) atoms. The number of carbonyl (C=O) groups excluding carboxylic acids is 1. The quantitative estimate of drug-likeness (QED) is 0.188. The normalized spacial score (nSPS) is 20.4. The maximum Gasteiger partial charge on any atom is 0.391 e. The summed E-state index contributed by atoms with van der Waals surface area (Å²) in [4.78, 5) is 27.2. The number of nitrogens with one attached hydrogen (secondary N) is 3. The van der Waals surface area contributed by atoms with Crippen LogP contribution in [0.3, 0.4) is 0 Å². The Kier molecular flexibility index (Phi) is 8.49. The highest BCUT2D eigenvalue weighted by atomic mass is 35.5. The molecule has 3 heterocycles. The number of aromatic nitrogens is 3. The Morgan fingerprint density at radius 3 is 2.39 bits per heavy atom. The lowest BCUT2D eigenvalue weighted by atomic mass is 9.85. The summed E-state index contributed by atoms with van der Waals surface area (Å²) in [5, 5.41) is 5.56. The number of aromatic amines is 1. The molecule has 0 radical (unpaired) electrons. The van der Waals surface area contributed by atoms with Gasteiger partial charge in [0.15, 0.2) is 5.65 Å². The summed E-state index contributed by atoms with van der Waals surface area (Å²) in [5.74, 6) is -2.19. The van der Waals surface area contributed by atoms with Gasteiger partial charge in [0.05, 0.1) is 22.2 Å². The molecule has 1 saturated carbocycles. The van der Waals surface area contributed by atoms with Gasteiger partial charge in [0.25, 0.3) is 5.91 Å². The van der Waals surface area contributed by atoms with Crippen LogP contribution in [0.4, 0.5) is 39.4 Å². The van der Waals surface area contributed by atoms with Crippen molar-refractivity contribution in [3.63, 3.8) is 0 Å². The number of alkyl halides is 4. The first-order chi connectivity index (χ1) is 19.4. The van der Waals surface area contributed by atoms with Crippen LogP contribution in [0.25, 0.3) is 11.2 Å². The van der Waals surface area contributed by atoms with Crippen molar-refractivity contribution >= 4 is 57.7 Å². The van der Waals surface area contributed by atoms with E-state index in [4.69, 9.17) is 28.9 Å². The van der Waals surface area contributed by atoms with Crippen molar-refractivity contribution in [3.8, 4) is 0 Å². The van der Waals surface area contributed by atoms with Crippen LogP contribution >= 0.6 is 23.2 Å². The fourth-order valence-electron chi connectivity index (χ4n) is 5.32. The molecule has 0 bridgehead atoms. The highest BCUT2D eigenvalue weighted by Crippen LogP contribution is 2.39. The molecule has 8 nitrogen and oxygen atoms in total. The predicted molar refractivity (Wildman–Crippen MR) is 147 cm³/mol. The topological polar surface area (TPSA) is 112 Å². The van der Waals surface area contributed by atoms with E-state index >= 15 is 0 Å². The van der Waals surface area contributed by atoms with Crippen molar-refractivity contribution in [1.82, 2.24) is 20.3 Å². The third-order valence-corrected chi connectivity index (χ3v) is 8.44. The van der Waals surface area contributed by atoms with Gasteiger partial charge in [-0.25, -0.2) is 18.7 Å². The van der Waals surface area contributed by atoms with Crippen molar-refractivity contribution in [2.45, 2.75) is 63.5 Å². The number of piperidine rings is 1. The number of pyridine rings is 1. The van der Waals surface area contributed by atoms with E-state index in [1.807, 2.05) is 0 Å². The average molecular weight is 620 g/mol. The number of anilines is 3. The van der Waals surface area contributed by atoms with Crippen LogP contribution in [0.5, 0.6) is 0 Å². The van der Waals surface area contributed by atoms with Gasteiger partial charge in [-0.3, -0.25) is 4.79 Å². The Morgan fingerprint density at radius 1 is 1.07 bits per heavy atom. The SMILES string of the molecule is NCc1cc(F)c(Cl)c(Nc2nc3cc(C(=O)NC4CCC(C(F)(F)F)CC4)c(N4CCC(F)CC4)nc3[nH]2)c1Cl. The molecular formula is C26H28Cl2F5N7O. The van der Waals surface area contributed by atoms with Gasteiger partial charge < -0.3 is 26.3 Å². The number of amides is 1. The van der Waals surface area contributed by atoms with Crippen LogP contribution in [0, 0.1) is 11.7 Å². The van der Waals surface area contributed by atoms with E-state index in [1.54, 1.807) is 4.90 Å². The molecule has 2 fully saturated rings. The van der Waals surface area contributed by atoms with Crippen LogP contribution in [-0.2, 0) is 6.54 Å². The van der Waals surface area contributed by atoms with Crippen molar-refractivity contribution in [1.29, 1.82) is 0 Å². The Labute approximate surface area is 242 Å². The Balaban J connectivity index is 1.45. The number of benzene rings is 1. The zero-order valence-electron chi connectivity index (χ0n) is 21.7. The number of hydrogen-bond acceptors (Lipinski definition) is 6. The minimum atomic E-state index is -4.25. The minimum Gasteiger partial charge on any atom is -0.356 e. The van der Waals surface area contributed by atoms with Gasteiger partial charge in [-0.1, -0.05) is 23.2 Å². The molecule has 2 aliphatic rings. The van der Waals surface area contributed by atoms with Gasteiger partial charge >= 0.3 is 6.18 Å². The summed E-state index contributed by atoms with van der Waals surface area (Å²) in [6, 6.07) is 2.23. The smallest absolute Gasteiger partial charge is 0.356 e. The highest BCUT2D eigenvalue weighted by molar-refractivity contribution is 6.39. The minimum absolute atomic E-state index is 0.0292. The second-order valence-corrected chi connectivity index (χ2v) is 11.1. The van der Waals surface area contributed by atoms with Gasteiger partial charge in [0.1, 0.15) is 28.3 Å². The number of nitrogens with two attached hydrogens (primary N) is 1. The van der Waals surface area contributed by atoms with Crippen LogP contribution in [0.1, 0.15) is 54.4 Å². The lowest BCUT2D eigenvalue weighted by molar-refractivity contribution is -0.182. The number of carbonyl (C=O) groups is 1. The summed E-state index contributed by atoms with van der Waals surface area (Å²) in [5.41, 5.74) is 6.76. The zero-order chi connectivity index (χ0) is 29.5. The molecule has 5 N–H and O–H groups in total. The van der Waals surface area contributed by atoms with Crippen LogP contribution in [-0.4, -0.2) is 52.3 Å². The summed E-state index contributed by atoms with van der Waals surface area (Å²) in [6.45, 7) is 0.622. The van der Waals surface area contributed by atoms with Gasteiger partial charge in [-0.15, -0.1) is 0 Å². The molecule has 0 spiro atoms. The number of H-pyrrole nitrogens is 1. The zero-order valence-corrected chi connectivity index (χ0v) is 23.2. The van der Waals surface area contributed by atoms with E-state index in [1.165, 1.54) is 6.07 Å². The second kappa shape index (κ2) is 11.8. The number of fused-ring (bicyclic) bond motifs is 1. The van der Waals surface area contributed by atoms with E-state index in [0.717, 1.165) is 6.07 Å². The van der Waals surface area contributed by atoms with E-state index in [2.05, 4.69) is 25.6 Å². The van der Waals surface area contributed by atoms with Crippen molar-refractivity contribution in [2.24, 2.45) is 11.7 Å². The number of nitrogens with zero attached hydrogens (tertiary/aromatic N) is 3. The molecule has 1 amide bonds. The van der Waals surface area contributed by atoms with Gasteiger partial charge in [0, 0.05) is 25.7 Å². The fourth-order valence-corrected chi connectivity index (χ4v) is 5.84. The number of hydrogen-bond donors (Lipinski definition) is 4. The number of halogens is 7. The van der Waals surface area contributed by atoms with E-state index in [0.29, 0.717) is 24.5 Å². The van der Waals surface area contributed by atoms with Gasteiger partial charge in [-0.05, 0) is 56.2 Å². The average Bonchev–Trinajstić information content (AvgIpc) is 3.34. The van der Waals surface area contributed by atoms with Crippen molar-refractivity contribution < 1.29 is 26.7 Å². The van der Waals surface area contributed by atoms with E-state index in [9.17, 15) is 26.7 Å². The summed E-state index contributed by atoms with van der Waals surface area (Å²) in [6.07, 6.45) is -4.41. The molecule has 3 aromatic rings. The lowest BCUT2D eigenvalue weighted by Gasteiger charge is -2.32. The fraction of sp³-hybridized carbons (Fsp3) is 0.500. The molecule has 0 unspecified atom stereocenters. The molecule has 0 atom stereocenters. The first-order valence-corrected chi connectivity index (χ1v) is 14.0. The Bertz CT molecular complexity index is 1430. The van der Waals surface area contributed by atoms with Crippen molar-refractivity contribution in [2.75, 3.05) is 23.3 Å². The second-order valence-electron chi connectivity index (χ2n) is 10.4. The largest absolute Gasteiger partial charge is 0.391 e. The maximum absolute atomic E-state index is 14.4. The van der Waals surface area contributed by atoms with Gasteiger partial charge in [-0.2, -0.15) is 13.2 Å². The standard InChI is InChI=1S/C26H28Cl2F5N7O/c27-19-12(11-34)9-17(30)20(28)21(19)37-25-36-18-10-16(23(38-22(18)39-25)40-7-5-14(29)6-8-40)24(41)35-15-3-1-13(2-4-15)26(31,32)33/h9-10,13-15H,1-8,11,34H2,(H,35,41)(H2,36,37,38,39). The third-order valence-electron chi connectivity index (χ3n) is 7.64. The Hall–Kier alpha value is -2.90. The third kappa shape index (κ3) is 6.31. The molecule has 1 saturated heterocycles. The van der Waals surface area contributed by atoms with Gasteiger partial charge in [0.2, 0.25) is 5.95 Å². The first-order valence-electron chi connectivity index (χ1n) is 13.3. The summed E-state index contributed by atoms with van der Waals surface area (Å²) < 4.78 is 67.5. The molecule has 1 aromatic carbocycles. The van der Waals surface area contributed by atoms with Crippen LogP contribution in [0.15, 0.2) is 12.1 Å². The first kappa shape index (κ1) is 29.6. The predicted octanol–water partition coefficient (Wildman–Crippen LogP) is 6.40. The molecular weight excluding hydrogens is 592 g/mol. The summed E-state index contributed by atoms with van der Waals surface area (Å²) in [7, 11) is 0. The molecule has 1 aliphatic heterocycles. The molecule has 2 aromatic heterocycles. The molecule has 15 heteroatoms. The van der Waals surface area contributed by atoms with Crippen LogP contribution < -0.4 is 21.3 Å². The highest BCUT2D eigenvalue weighted by Gasteiger charge is 2.41.